The average molecular weight is 294 g/mol. The van der Waals surface area contributed by atoms with Gasteiger partial charge in [-0.15, -0.1) is 0 Å². The standard InChI is InChI=1S/C19H22N2O/c1-12-4-6-15(7-5-12)11-21-17-10-13(2)19(20)14(3)16(17)8-9-18(21)22/h4-7,10H,8-9,11,20H2,1-3H3. The Morgan fingerprint density at radius 3 is 2.45 bits per heavy atom. The van der Waals surface area contributed by atoms with Crippen molar-refractivity contribution in [3.63, 3.8) is 0 Å². The van der Waals surface area contributed by atoms with Gasteiger partial charge in [0.15, 0.2) is 0 Å². The molecule has 3 rings (SSSR count). The molecule has 0 bridgehead atoms. The van der Waals surface area contributed by atoms with Crippen LogP contribution in [0.25, 0.3) is 0 Å². The van der Waals surface area contributed by atoms with E-state index in [-0.39, 0.29) is 5.91 Å². The molecule has 0 aliphatic carbocycles. The van der Waals surface area contributed by atoms with Crippen LogP contribution in [0.15, 0.2) is 30.3 Å². The van der Waals surface area contributed by atoms with Crippen LogP contribution in [0.4, 0.5) is 11.4 Å². The van der Waals surface area contributed by atoms with Crippen molar-refractivity contribution in [2.45, 2.75) is 40.2 Å². The van der Waals surface area contributed by atoms with Gasteiger partial charge in [-0.3, -0.25) is 4.79 Å². The van der Waals surface area contributed by atoms with E-state index in [2.05, 4.69) is 44.2 Å². The lowest BCUT2D eigenvalue weighted by molar-refractivity contribution is -0.119. The molecule has 0 saturated heterocycles. The number of anilines is 2. The van der Waals surface area contributed by atoms with E-state index in [0.29, 0.717) is 13.0 Å². The van der Waals surface area contributed by atoms with E-state index in [1.54, 1.807) is 0 Å². The highest BCUT2D eigenvalue weighted by atomic mass is 16.2. The number of fused-ring (bicyclic) bond motifs is 1. The molecule has 3 heteroatoms. The molecule has 1 amide bonds. The second-order valence-electron chi connectivity index (χ2n) is 6.20. The minimum Gasteiger partial charge on any atom is -0.398 e. The maximum Gasteiger partial charge on any atom is 0.227 e. The van der Waals surface area contributed by atoms with E-state index in [4.69, 9.17) is 5.73 Å². The molecule has 0 aromatic heterocycles. The number of carbonyl (C=O) groups excluding carboxylic acids is 1. The normalized spacial score (nSPS) is 14.1. The summed E-state index contributed by atoms with van der Waals surface area (Å²) >= 11 is 0. The maximum atomic E-state index is 12.4. The summed E-state index contributed by atoms with van der Waals surface area (Å²) in [6, 6.07) is 10.4. The lowest BCUT2D eigenvalue weighted by atomic mass is 9.92. The zero-order valence-electron chi connectivity index (χ0n) is 13.4. The molecule has 0 atom stereocenters. The molecule has 22 heavy (non-hydrogen) atoms. The first kappa shape index (κ1) is 14.6. The van der Waals surface area contributed by atoms with Gasteiger partial charge in [-0.1, -0.05) is 29.8 Å². The Bertz CT molecular complexity index is 732. The largest absolute Gasteiger partial charge is 0.398 e. The molecule has 2 N–H and O–H groups in total. The van der Waals surface area contributed by atoms with Gasteiger partial charge in [0.25, 0.3) is 0 Å². The van der Waals surface area contributed by atoms with Crippen LogP contribution < -0.4 is 10.6 Å². The van der Waals surface area contributed by atoms with Gasteiger partial charge in [0.05, 0.1) is 6.54 Å². The summed E-state index contributed by atoms with van der Waals surface area (Å²) in [7, 11) is 0. The maximum absolute atomic E-state index is 12.4. The molecule has 0 spiro atoms. The van der Waals surface area contributed by atoms with Crippen molar-refractivity contribution < 1.29 is 4.79 Å². The first-order valence-corrected chi connectivity index (χ1v) is 7.72. The van der Waals surface area contributed by atoms with Crippen LogP contribution in [0.3, 0.4) is 0 Å². The van der Waals surface area contributed by atoms with Gasteiger partial charge in [-0.25, -0.2) is 0 Å². The Kier molecular flexibility index (Phi) is 3.65. The zero-order valence-corrected chi connectivity index (χ0v) is 13.4. The van der Waals surface area contributed by atoms with E-state index < -0.39 is 0 Å². The lowest BCUT2D eigenvalue weighted by Gasteiger charge is -2.31. The summed E-state index contributed by atoms with van der Waals surface area (Å²) in [5.74, 6) is 0.191. The molecule has 0 unspecified atom stereocenters. The second kappa shape index (κ2) is 5.48. The third-order valence-electron chi connectivity index (χ3n) is 4.59. The molecule has 3 nitrogen and oxygen atoms in total. The van der Waals surface area contributed by atoms with Crippen molar-refractivity contribution in [3.8, 4) is 0 Å². The molecule has 0 fully saturated rings. The predicted molar refractivity (Wildman–Crippen MR) is 91.0 cm³/mol. The van der Waals surface area contributed by atoms with Crippen molar-refractivity contribution >= 4 is 17.3 Å². The van der Waals surface area contributed by atoms with Crippen molar-refractivity contribution in [2.24, 2.45) is 0 Å². The van der Waals surface area contributed by atoms with Gasteiger partial charge in [-0.05, 0) is 55.5 Å². The smallest absolute Gasteiger partial charge is 0.227 e. The van der Waals surface area contributed by atoms with Crippen LogP contribution in [0, 0.1) is 20.8 Å². The number of nitrogen functional groups attached to an aromatic ring is 1. The number of carbonyl (C=O) groups is 1. The van der Waals surface area contributed by atoms with E-state index in [0.717, 1.165) is 34.5 Å². The summed E-state index contributed by atoms with van der Waals surface area (Å²) < 4.78 is 0. The highest BCUT2D eigenvalue weighted by Crippen LogP contribution is 2.36. The fourth-order valence-electron chi connectivity index (χ4n) is 3.13. The van der Waals surface area contributed by atoms with Crippen molar-refractivity contribution in [1.29, 1.82) is 0 Å². The van der Waals surface area contributed by atoms with Gasteiger partial charge in [-0.2, -0.15) is 0 Å². The van der Waals surface area contributed by atoms with Crippen molar-refractivity contribution in [3.05, 3.63) is 58.1 Å². The van der Waals surface area contributed by atoms with Crippen LogP contribution in [0.5, 0.6) is 0 Å². The number of hydrogen-bond acceptors (Lipinski definition) is 2. The topological polar surface area (TPSA) is 46.3 Å². The number of hydrogen-bond donors (Lipinski definition) is 1. The number of benzene rings is 2. The Hall–Kier alpha value is -2.29. The number of nitrogens with zero attached hydrogens (tertiary/aromatic N) is 1. The highest BCUT2D eigenvalue weighted by Gasteiger charge is 2.26. The average Bonchev–Trinajstić information content (AvgIpc) is 2.50. The van der Waals surface area contributed by atoms with E-state index >= 15 is 0 Å². The Morgan fingerprint density at radius 1 is 1.09 bits per heavy atom. The fraction of sp³-hybridized carbons (Fsp3) is 0.316. The van der Waals surface area contributed by atoms with E-state index in [1.807, 2.05) is 11.8 Å². The van der Waals surface area contributed by atoms with E-state index in [1.165, 1.54) is 11.1 Å². The Morgan fingerprint density at radius 2 is 1.77 bits per heavy atom. The molecular formula is C19H22N2O. The summed E-state index contributed by atoms with van der Waals surface area (Å²) in [6.45, 7) is 6.75. The molecule has 2 aromatic rings. The van der Waals surface area contributed by atoms with Crippen LogP contribution >= 0.6 is 0 Å². The first-order valence-electron chi connectivity index (χ1n) is 7.72. The molecule has 1 aliphatic heterocycles. The van der Waals surface area contributed by atoms with Crippen LogP contribution in [-0.4, -0.2) is 5.91 Å². The summed E-state index contributed by atoms with van der Waals surface area (Å²) in [6.07, 6.45) is 1.34. The predicted octanol–water partition coefficient (Wildman–Crippen LogP) is 3.67. The third kappa shape index (κ3) is 2.47. The number of rotatable bonds is 2. The van der Waals surface area contributed by atoms with Crippen LogP contribution in [-0.2, 0) is 17.8 Å². The monoisotopic (exact) mass is 294 g/mol. The number of aryl methyl sites for hydroxylation is 2. The number of amides is 1. The molecule has 1 heterocycles. The fourth-order valence-corrected chi connectivity index (χ4v) is 3.13. The molecule has 114 valence electrons. The summed E-state index contributed by atoms with van der Waals surface area (Å²) in [5.41, 5.74) is 13.8. The van der Waals surface area contributed by atoms with E-state index in [9.17, 15) is 4.79 Å². The van der Waals surface area contributed by atoms with Gasteiger partial charge in [0.2, 0.25) is 5.91 Å². The van der Waals surface area contributed by atoms with Gasteiger partial charge in [0, 0.05) is 17.8 Å². The number of nitrogens with two attached hydrogens (primary N) is 1. The highest BCUT2D eigenvalue weighted by molar-refractivity contribution is 5.97. The Balaban J connectivity index is 2.02. The van der Waals surface area contributed by atoms with Crippen molar-refractivity contribution in [1.82, 2.24) is 0 Å². The molecule has 2 aromatic carbocycles. The van der Waals surface area contributed by atoms with Gasteiger partial charge < -0.3 is 10.6 Å². The van der Waals surface area contributed by atoms with Crippen LogP contribution in [0.2, 0.25) is 0 Å². The summed E-state index contributed by atoms with van der Waals surface area (Å²) in [5, 5.41) is 0. The summed E-state index contributed by atoms with van der Waals surface area (Å²) in [4.78, 5) is 14.3. The molecule has 1 aliphatic rings. The molecule has 0 saturated carbocycles. The zero-order chi connectivity index (χ0) is 15.9. The quantitative estimate of drug-likeness (QED) is 0.859. The van der Waals surface area contributed by atoms with Crippen molar-refractivity contribution in [2.75, 3.05) is 10.6 Å². The first-order chi connectivity index (χ1) is 10.5. The second-order valence-corrected chi connectivity index (χ2v) is 6.20. The SMILES string of the molecule is Cc1ccc(CN2C(=O)CCc3c2cc(C)c(N)c3C)cc1. The van der Waals surface area contributed by atoms with Gasteiger partial charge in [0.1, 0.15) is 0 Å². The molecular weight excluding hydrogens is 272 g/mol. The van der Waals surface area contributed by atoms with Gasteiger partial charge >= 0.3 is 0 Å². The van der Waals surface area contributed by atoms with Crippen LogP contribution in [0.1, 0.15) is 34.2 Å². The third-order valence-corrected chi connectivity index (χ3v) is 4.59. The Labute approximate surface area is 131 Å². The minimum absolute atomic E-state index is 0.191. The minimum atomic E-state index is 0.191. The lowest BCUT2D eigenvalue weighted by Crippen LogP contribution is -2.35. The molecule has 0 radical (unpaired) electrons.